The first-order valence-corrected chi connectivity index (χ1v) is 9.98. The van der Waals surface area contributed by atoms with Crippen molar-refractivity contribution in [3.8, 4) is 0 Å². The van der Waals surface area contributed by atoms with Gasteiger partial charge in [-0.25, -0.2) is 9.80 Å². The Kier molecular flexibility index (Phi) is 15.2. The lowest BCUT2D eigenvalue weighted by Crippen LogP contribution is -2.45. The molecule has 0 saturated carbocycles. The van der Waals surface area contributed by atoms with Crippen LogP contribution in [0.3, 0.4) is 0 Å². The van der Waals surface area contributed by atoms with E-state index in [1.165, 1.54) is 0 Å². The summed E-state index contributed by atoms with van der Waals surface area (Å²) in [5.41, 5.74) is 2.12. The van der Waals surface area contributed by atoms with E-state index in [1.807, 2.05) is 98.7 Å². The van der Waals surface area contributed by atoms with Crippen LogP contribution in [-0.4, -0.2) is 45.3 Å². The molecule has 11 heteroatoms. The molecule has 0 aromatic heterocycles. The molecule has 0 radical (unpaired) electrons. The largest absolute Gasteiger partial charge is 0.868 e. The van der Waals surface area contributed by atoms with Crippen LogP contribution in [0.5, 0.6) is 0 Å². The van der Waals surface area contributed by atoms with Crippen LogP contribution >= 0.6 is 0 Å². The fourth-order valence-electron chi connectivity index (χ4n) is 2.11. The molecule has 0 saturated heterocycles. The molecule has 0 bridgehead atoms. The Labute approximate surface area is 179 Å². The zero-order chi connectivity index (χ0) is 22.2. The average Bonchev–Trinajstić information content (AvgIpc) is 2.71. The van der Waals surface area contributed by atoms with Gasteiger partial charge in [0.15, 0.2) is 0 Å². The lowest BCUT2D eigenvalue weighted by Gasteiger charge is -2.16. The first-order chi connectivity index (χ1) is 13.8. The Morgan fingerprint density at radius 2 is 1.07 bits per heavy atom. The van der Waals surface area contributed by atoms with Crippen LogP contribution in [0.15, 0.2) is 60.7 Å². The second kappa shape index (κ2) is 16.1. The van der Waals surface area contributed by atoms with E-state index in [4.69, 9.17) is 10.0 Å². The van der Waals surface area contributed by atoms with Crippen LogP contribution in [0, 0.1) is 0 Å². The van der Waals surface area contributed by atoms with E-state index in [2.05, 4.69) is 4.86 Å². The monoisotopic (exact) mass is 442 g/mol. The van der Waals surface area contributed by atoms with E-state index < -0.39 is 7.32 Å². The van der Waals surface area contributed by atoms with Crippen molar-refractivity contribution in [2.75, 3.05) is 28.2 Å². The predicted molar refractivity (Wildman–Crippen MR) is 110 cm³/mol. The summed E-state index contributed by atoms with van der Waals surface area (Å²) in [6.45, 7) is 0. The van der Waals surface area contributed by atoms with Crippen molar-refractivity contribution in [3.63, 3.8) is 0 Å². The molecule has 2 unspecified atom stereocenters. The molecule has 0 N–H and O–H groups in total. The maximum absolute atomic E-state index is 10.7. The van der Waals surface area contributed by atoms with Gasteiger partial charge in [-0.3, -0.25) is 0 Å². The fraction of sp³-hybridized carbons (Fsp3) is 0.333. The van der Waals surface area contributed by atoms with Crippen molar-refractivity contribution in [2.24, 2.45) is 0 Å². The van der Waals surface area contributed by atoms with Crippen LogP contribution in [-0.2, 0) is 36.6 Å². The summed E-state index contributed by atoms with van der Waals surface area (Å²) in [6, 6.07) is 19.6. The van der Waals surface area contributed by atoms with Crippen molar-refractivity contribution >= 4 is 30.7 Å². The van der Waals surface area contributed by atoms with Crippen LogP contribution in [0.25, 0.3) is 0 Å². The quantitative estimate of drug-likeness (QED) is 0.358. The first kappa shape index (κ1) is 27.3. The topological polar surface area (TPSA) is 96.0 Å². The lowest BCUT2D eigenvalue weighted by molar-refractivity contribution is -0.403. The van der Waals surface area contributed by atoms with Gasteiger partial charge in [-0.1, -0.05) is 65.2 Å². The Morgan fingerprint density at radius 3 is 1.24 bits per heavy atom. The van der Waals surface area contributed by atoms with Crippen LogP contribution < -0.4 is 10.0 Å². The molecule has 0 aliphatic rings. The summed E-state index contributed by atoms with van der Waals surface area (Å²) >= 11 is 1.21. The van der Waals surface area contributed by atoms with Crippen LogP contribution in [0.2, 0.25) is 0 Å². The normalized spacial score (nSPS) is 12.0. The van der Waals surface area contributed by atoms with E-state index >= 15 is 0 Å². The summed E-state index contributed by atoms with van der Waals surface area (Å²) in [7, 11) is 4.84. The number of hydrogen-bond acceptors (Lipinski definition) is 7. The third kappa shape index (κ3) is 11.8. The maximum atomic E-state index is 10.7. The molecule has 0 aliphatic carbocycles. The minimum absolute atomic E-state index is 0.0776. The number of halogens is 1. The first-order valence-electron chi connectivity index (χ1n) is 8.37. The van der Waals surface area contributed by atoms with Gasteiger partial charge in [0, 0.05) is 19.5 Å². The highest BCUT2D eigenvalue weighted by atomic mass is 32.1. The predicted octanol–water partition coefficient (Wildman–Crippen LogP) is 0.943. The molecule has 0 amide bonds. The van der Waals surface area contributed by atoms with Crippen molar-refractivity contribution in [2.45, 2.75) is 10.7 Å². The van der Waals surface area contributed by atoms with Gasteiger partial charge in [-0.15, -0.1) is 0 Å². The molecular weight excluding hydrogens is 418 g/mol. The highest BCUT2D eigenvalue weighted by molar-refractivity contribution is 7.66. The summed E-state index contributed by atoms with van der Waals surface area (Å²) in [5.74, 6) is 0. The minimum atomic E-state index is -2.78. The highest BCUT2D eigenvalue weighted by Gasteiger charge is 2.26. The number of nitrogens with zero attached hydrogens (tertiary/aromatic N) is 2. The van der Waals surface area contributed by atoms with Gasteiger partial charge in [-0.2, -0.15) is 0 Å². The van der Waals surface area contributed by atoms with Crippen molar-refractivity contribution in [1.29, 1.82) is 0 Å². The van der Waals surface area contributed by atoms with Gasteiger partial charge in [0.1, 0.15) is 7.32 Å². The van der Waals surface area contributed by atoms with Gasteiger partial charge >= 0.3 is 34.1 Å². The Hall–Kier alpha value is -1.73. The molecule has 0 heterocycles. The summed E-state index contributed by atoms with van der Waals surface area (Å²) < 4.78 is 31.5. The SMILES string of the molecule is CN(C)C([S+]=O)c1ccccc1.CN(C)C([S+]=O)c1ccccc1.[O-]B([O-])OF. The van der Waals surface area contributed by atoms with Crippen LogP contribution in [0.4, 0.5) is 4.53 Å². The van der Waals surface area contributed by atoms with E-state index in [-0.39, 0.29) is 10.7 Å². The molecule has 29 heavy (non-hydrogen) atoms. The van der Waals surface area contributed by atoms with E-state index in [0.29, 0.717) is 23.3 Å². The minimum Gasteiger partial charge on any atom is -0.868 e. The second-order valence-electron chi connectivity index (χ2n) is 6.02. The number of hydrogen-bond donors (Lipinski definition) is 0. The van der Waals surface area contributed by atoms with E-state index in [9.17, 15) is 12.9 Å². The third-order valence-electron chi connectivity index (χ3n) is 3.36. The molecule has 0 spiro atoms. The zero-order valence-corrected chi connectivity index (χ0v) is 18.3. The smallest absolute Gasteiger partial charge is 0.484 e. The van der Waals surface area contributed by atoms with Crippen LogP contribution in [0.1, 0.15) is 21.9 Å². The van der Waals surface area contributed by atoms with Gasteiger partial charge < -0.3 is 14.9 Å². The van der Waals surface area contributed by atoms with Gasteiger partial charge in [0.2, 0.25) is 0 Å². The molecule has 0 aliphatic heterocycles. The molecule has 158 valence electrons. The van der Waals surface area contributed by atoms with Gasteiger partial charge in [0.05, 0.1) is 0 Å². The third-order valence-corrected chi connectivity index (χ3v) is 5.11. The van der Waals surface area contributed by atoms with Crippen molar-refractivity contribution in [1.82, 2.24) is 9.80 Å². The molecular formula is C18H24BFN2O5S2. The molecule has 7 nitrogen and oxygen atoms in total. The maximum Gasteiger partial charge on any atom is 0.484 e. The van der Waals surface area contributed by atoms with Gasteiger partial charge in [0.25, 0.3) is 0 Å². The second-order valence-corrected chi connectivity index (χ2v) is 7.30. The molecule has 2 atom stereocenters. The van der Waals surface area contributed by atoms with Gasteiger partial charge in [-0.05, 0) is 28.2 Å². The molecule has 2 aromatic carbocycles. The van der Waals surface area contributed by atoms with Crippen molar-refractivity contribution < 1.29 is 27.9 Å². The average molecular weight is 442 g/mol. The Bertz CT molecular complexity index is 629. The Morgan fingerprint density at radius 1 is 0.793 bits per heavy atom. The lowest BCUT2D eigenvalue weighted by atomic mass is 10.2. The van der Waals surface area contributed by atoms with E-state index in [0.717, 1.165) is 11.1 Å². The zero-order valence-electron chi connectivity index (χ0n) is 16.6. The molecule has 2 aromatic rings. The molecule has 2 rings (SSSR count). The molecule has 0 fully saturated rings. The highest BCUT2D eigenvalue weighted by Crippen LogP contribution is 2.17. The number of benzene rings is 2. The summed E-state index contributed by atoms with van der Waals surface area (Å²) in [5, 5.41) is 17.3. The fourth-order valence-corrected chi connectivity index (χ4v) is 3.00. The Balaban J connectivity index is 0.000000442. The summed E-state index contributed by atoms with van der Waals surface area (Å²) in [6.07, 6.45) is 0. The van der Waals surface area contributed by atoms with Crippen molar-refractivity contribution in [3.05, 3.63) is 71.8 Å². The standard InChI is InChI=1S/2C9H12NOS.BFO3/c2*1-10(2)9(12-11)8-6-4-3-5-7-8;2-5-1(3)4/h2*3-7,9H,1-2H3;/q2*+1;-2. The van der Waals surface area contributed by atoms with E-state index in [1.54, 1.807) is 0 Å². The number of rotatable bonds is 7. The summed E-state index contributed by atoms with van der Waals surface area (Å²) in [4.78, 5) is 5.96.